The molecule has 1 unspecified atom stereocenters. The van der Waals surface area contributed by atoms with Crippen molar-refractivity contribution in [1.82, 2.24) is 20.4 Å². The van der Waals surface area contributed by atoms with Gasteiger partial charge in [-0.25, -0.2) is 0 Å². The van der Waals surface area contributed by atoms with E-state index in [0.717, 1.165) is 37.4 Å². The molecule has 1 N–H and O–H groups in total. The Morgan fingerprint density at radius 2 is 2.48 bits per heavy atom. The number of aromatic nitrogens is 2. The van der Waals surface area contributed by atoms with Crippen LogP contribution in [0.3, 0.4) is 0 Å². The Morgan fingerprint density at radius 1 is 1.57 bits per heavy atom. The molecule has 1 amide bonds. The standard InChI is InChI=1S/C16H22N4O2S/c1-2-9-20(12-7-8-17-11-12)15(21)6-5-14-18-16(19-22-14)13-4-3-10-23-13/h3-4,10,12,17H,2,5-9,11H2,1H3. The Balaban J connectivity index is 1.57. The molecule has 0 radical (unpaired) electrons. The van der Waals surface area contributed by atoms with Crippen LogP contribution in [0.4, 0.5) is 0 Å². The number of carbonyl (C=O) groups is 1. The van der Waals surface area contributed by atoms with Gasteiger partial charge >= 0.3 is 0 Å². The van der Waals surface area contributed by atoms with Crippen LogP contribution in [-0.2, 0) is 11.2 Å². The minimum atomic E-state index is 0.177. The molecule has 6 nitrogen and oxygen atoms in total. The van der Waals surface area contributed by atoms with E-state index in [1.165, 1.54) is 0 Å². The lowest BCUT2D eigenvalue weighted by molar-refractivity contribution is -0.133. The second kappa shape index (κ2) is 7.70. The molecular formula is C16H22N4O2S. The SMILES string of the molecule is CCCN(C(=O)CCc1nc(-c2cccs2)no1)C1CCNC1. The molecule has 23 heavy (non-hydrogen) atoms. The zero-order valence-electron chi connectivity index (χ0n) is 13.3. The van der Waals surface area contributed by atoms with Gasteiger partial charge in [0.2, 0.25) is 17.6 Å². The van der Waals surface area contributed by atoms with Gasteiger partial charge in [0.05, 0.1) is 4.88 Å². The first kappa shape index (κ1) is 16.1. The van der Waals surface area contributed by atoms with Gasteiger partial charge in [0, 0.05) is 32.0 Å². The Labute approximate surface area is 139 Å². The van der Waals surface area contributed by atoms with Crippen molar-refractivity contribution in [1.29, 1.82) is 0 Å². The lowest BCUT2D eigenvalue weighted by atomic mass is 10.1. The number of hydrogen-bond acceptors (Lipinski definition) is 6. The molecule has 1 aliphatic heterocycles. The maximum Gasteiger partial charge on any atom is 0.227 e. The maximum atomic E-state index is 12.5. The van der Waals surface area contributed by atoms with Crippen LogP contribution in [0.5, 0.6) is 0 Å². The summed E-state index contributed by atoms with van der Waals surface area (Å²) in [6.45, 7) is 4.81. The fourth-order valence-corrected chi connectivity index (χ4v) is 3.53. The van der Waals surface area contributed by atoms with Crippen molar-refractivity contribution in [2.24, 2.45) is 0 Å². The Hall–Kier alpha value is -1.73. The van der Waals surface area contributed by atoms with Crippen LogP contribution < -0.4 is 5.32 Å². The lowest BCUT2D eigenvalue weighted by Crippen LogP contribution is -2.42. The summed E-state index contributed by atoms with van der Waals surface area (Å²) in [6, 6.07) is 4.24. The predicted octanol–water partition coefficient (Wildman–Crippen LogP) is 2.33. The molecule has 0 aromatic carbocycles. The molecule has 124 valence electrons. The molecule has 0 bridgehead atoms. The zero-order chi connectivity index (χ0) is 16.1. The highest BCUT2D eigenvalue weighted by atomic mass is 32.1. The quantitative estimate of drug-likeness (QED) is 0.841. The third-order valence-electron chi connectivity index (χ3n) is 4.02. The van der Waals surface area contributed by atoms with Gasteiger partial charge in [-0.2, -0.15) is 4.98 Å². The summed E-state index contributed by atoms with van der Waals surface area (Å²) in [5.74, 6) is 1.31. The monoisotopic (exact) mass is 334 g/mol. The van der Waals surface area contributed by atoms with Crippen molar-refractivity contribution >= 4 is 17.2 Å². The molecule has 1 saturated heterocycles. The molecule has 2 aromatic rings. The second-order valence-corrected chi connectivity index (χ2v) is 6.67. The minimum absolute atomic E-state index is 0.177. The molecule has 3 heterocycles. The van der Waals surface area contributed by atoms with Crippen LogP contribution in [-0.4, -0.2) is 46.6 Å². The van der Waals surface area contributed by atoms with Crippen molar-refractivity contribution in [2.45, 2.75) is 38.6 Å². The summed E-state index contributed by atoms with van der Waals surface area (Å²) in [4.78, 5) is 19.9. The third kappa shape index (κ3) is 3.97. The summed E-state index contributed by atoms with van der Waals surface area (Å²) in [7, 11) is 0. The Morgan fingerprint density at radius 3 is 3.17 bits per heavy atom. The number of carbonyl (C=O) groups excluding carboxylic acids is 1. The fraction of sp³-hybridized carbons (Fsp3) is 0.562. The maximum absolute atomic E-state index is 12.5. The number of rotatable bonds is 7. The summed E-state index contributed by atoms with van der Waals surface area (Å²) in [5.41, 5.74) is 0. The highest BCUT2D eigenvalue weighted by molar-refractivity contribution is 7.13. The van der Waals surface area contributed by atoms with Crippen LogP contribution in [0.2, 0.25) is 0 Å². The van der Waals surface area contributed by atoms with Crippen LogP contribution in [0.1, 0.15) is 32.1 Å². The molecule has 1 atom stereocenters. The van der Waals surface area contributed by atoms with Gasteiger partial charge in [-0.05, 0) is 30.8 Å². The van der Waals surface area contributed by atoms with Gasteiger partial charge in [-0.1, -0.05) is 18.1 Å². The van der Waals surface area contributed by atoms with Gasteiger partial charge < -0.3 is 14.7 Å². The number of nitrogens with one attached hydrogen (secondary N) is 1. The lowest BCUT2D eigenvalue weighted by Gasteiger charge is -2.28. The Bertz CT molecular complexity index is 620. The summed E-state index contributed by atoms with van der Waals surface area (Å²) in [5, 5.41) is 9.29. The average molecular weight is 334 g/mol. The highest BCUT2D eigenvalue weighted by Crippen LogP contribution is 2.21. The van der Waals surface area contributed by atoms with E-state index in [1.54, 1.807) is 11.3 Å². The van der Waals surface area contributed by atoms with Gasteiger partial charge in [-0.3, -0.25) is 4.79 Å². The smallest absolute Gasteiger partial charge is 0.227 e. The van der Waals surface area contributed by atoms with E-state index in [4.69, 9.17) is 4.52 Å². The van der Waals surface area contributed by atoms with E-state index >= 15 is 0 Å². The Kier molecular flexibility index (Phi) is 5.40. The van der Waals surface area contributed by atoms with Gasteiger partial charge in [0.25, 0.3) is 0 Å². The van der Waals surface area contributed by atoms with Gasteiger partial charge in [0.15, 0.2) is 0 Å². The molecule has 0 saturated carbocycles. The molecule has 1 aliphatic rings. The largest absolute Gasteiger partial charge is 0.339 e. The molecule has 0 aliphatic carbocycles. The van der Waals surface area contributed by atoms with Crippen LogP contribution in [0.15, 0.2) is 22.0 Å². The van der Waals surface area contributed by atoms with Crippen LogP contribution in [0.25, 0.3) is 10.7 Å². The van der Waals surface area contributed by atoms with Crippen molar-refractivity contribution < 1.29 is 9.32 Å². The van der Waals surface area contributed by atoms with E-state index in [-0.39, 0.29) is 5.91 Å². The van der Waals surface area contributed by atoms with Crippen LogP contribution >= 0.6 is 11.3 Å². The van der Waals surface area contributed by atoms with Crippen LogP contribution in [0, 0.1) is 0 Å². The predicted molar refractivity (Wildman–Crippen MR) is 89.2 cm³/mol. The number of hydrogen-bond donors (Lipinski definition) is 1. The van der Waals surface area contributed by atoms with E-state index < -0.39 is 0 Å². The van der Waals surface area contributed by atoms with Crippen molar-refractivity contribution in [3.05, 3.63) is 23.4 Å². The first-order chi connectivity index (χ1) is 11.3. The summed E-state index contributed by atoms with van der Waals surface area (Å²) < 4.78 is 5.27. The molecular weight excluding hydrogens is 312 g/mol. The fourth-order valence-electron chi connectivity index (χ4n) is 2.88. The van der Waals surface area contributed by atoms with Crippen molar-refractivity contribution in [3.8, 4) is 10.7 Å². The molecule has 2 aromatic heterocycles. The number of amides is 1. The van der Waals surface area contributed by atoms with Crippen molar-refractivity contribution in [2.75, 3.05) is 19.6 Å². The highest BCUT2D eigenvalue weighted by Gasteiger charge is 2.25. The average Bonchev–Trinajstić information content (AvgIpc) is 3.32. The molecule has 3 rings (SSSR count). The summed E-state index contributed by atoms with van der Waals surface area (Å²) >= 11 is 1.57. The topological polar surface area (TPSA) is 71.3 Å². The minimum Gasteiger partial charge on any atom is -0.339 e. The van der Waals surface area contributed by atoms with Gasteiger partial charge in [0.1, 0.15) is 0 Å². The first-order valence-electron chi connectivity index (χ1n) is 8.14. The molecule has 0 spiro atoms. The zero-order valence-corrected chi connectivity index (χ0v) is 14.1. The molecule has 7 heteroatoms. The normalized spacial score (nSPS) is 17.5. The number of aryl methyl sites for hydroxylation is 1. The third-order valence-corrected chi connectivity index (χ3v) is 4.89. The number of nitrogens with zero attached hydrogens (tertiary/aromatic N) is 3. The molecule has 1 fully saturated rings. The van der Waals surface area contributed by atoms with E-state index in [9.17, 15) is 4.79 Å². The van der Waals surface area contributed by atoms with E-state index in [0.29, 0.717) is 30.6 Å². The second-order valence-electron chi connectivity index (χ2n) is 5.72. The van der Waals surface area contributed by atoms with E-state index in [1.807, 2.05) is 22.4 Å². The van der Waals surface area contributed by atoms with Crippen molar-refractivity contribution in [3.63, 3.8) is 0 Å². The number of thiophene rings is 1. The first-order valence-corrected chi connectivity index (χ1v) is 9.02. The van der Waals surface area contributed by atoms with E-state index in [2.05, 4.69) is 22.4 Å². The van der Waals surface area contributed by atoms with Gasteiger partial charge in [-0.15, -0.1) is 11.3 Å². The summed E-state index contributed by atoms with van der Waals surface area (Å²) in [6.07, 6.45) is 2.93.